The van der Waals surface area contributed by atoms with Gasteiger partial charge in [-0.05, 0) is 25.5 Å². The number of para-hydroxylation sites is 1. The zero-order chi connectivity index (χ0) is 13.0. The molecular weight excluding hydrogens is 260 g/mol. The number of benzene rings is 1. The van der Waals surface area contributed by atoms with Crippen LogP contribution in [0.15, 0.2) is 34.2 Å². The first-order valence-electron chi connectivity index (χ1n) is 6.11. The normalized spacial score (nSPS) is 19.6. The summed E-state index contributed by atoms with van der Waals surface area (Å²) in [7, 11) is 0. The largest absolute Gasteiger partial charge is 0.244 e. The minimum absolute atomic E-state index is 0.0809. The van der Waals surface area contributed by atoms with Crippen LogP contribution < -0.4 is 0 Å². The van der Waals surface area contributed by atoms with Gasteiger partial charge in [-0.1, -0.05) is 19.1 Å². The maximum Gasteiger partial charge on any atom is 0.0873 e. The third-order valence-electron chi connectivity index (χ3n) is 2.71. The van der Waals surface area contributed by atoms with Crippen LogP contribution in [-0.2, 0) is 0 Å². The molecule has 2 unspecified atom stereocenters. The molecule has 1 heterocycles. The summed E-state index contributed by atoms with van der Waals surface area (Å²) in [6.45, 7) is 4.15. The fourth-order valence-corrected chi connectivity index (χ4v) is 4.05. The van der Waals surface area contributed by atoms with E-state index in [1.165, 1.54) is 9.94 Å². The van der Waals surface area contributed by atoms with Gasteiger partial charge >= 0.3 is 0 Å². The average Bonchev–Trinajstić information content (AvgIpc) is 2.43. The summed E-state index contributed by atoms with van der Waals surface area (Å²) in [4.78, 5) is 6.02. The predicted octanol–water partition coefficient (Wildman–Crippen LogP) is 4.49. The molecular formula is C14H16N2S2. The molecule has 0 bridgehead atoms. The Morgan fingerprint density at radius 3 is 3.00 bits per heavy atom. The molecule has 0 saturated heterocycles. The van der Waals surface area contributed by atoms with Gasteiger partial charge in [0.2, 0.25) is 0 Å². The van der Waals surface area contributed by atoms with Crippen molar-refractivity contribution in [3.05, 3.63) is 24.3 Å². The summed E-state index contributed by atoms with van der Waals surface area (Å²) in [5.41, 5.74) is 1.07. The van der Waals surface area contributed by atoms with Crippen LogP contribution in [0.2, 0.25) is 0 Å². The van der Waals surface area contributed by atoms with E-state index in [1.54, 1.807) is 11.8 Å². The zero-order valence-corrected chi connectivity index (χ0v) is 12.2. The predicted molar refractivity (Wildman–Crippen MR) is 80.7 cm³/mol. The van der Waals surface area contributed by atoms with E-state index in [4.69, 9.17) is 10.3 Å². The molecule has 2 nitrogen and oxygen atoms in total. The Balaban J connectivity index is 2.17. The Morgan fingerprint density at radius 1 is 1.50 bits per heavy atom. The van der Waals surface area contributed by atoms with Crippen LogP contribution in [0.1, 0.15) is 20.3 Å². The molecule has 0 aliphatic carbocycles. The molecule has 2 rings (SSSR count). The van der Waals surface area contributed by atoms with Gasteiger partial charge in [-0.3, -0.25) is 0 Å². The van der Waals surface area contributed by atoms with E-state index < -0.39 is 0 Å². The molecule has 4 heteroatoms. The molecule has 0 saturated carbocycles. The van der Waals surface area contributed by atoms with Crippen molar-refractivity contribution in [1.82, 2.24) is 0 Å². The van der Waals surface area contributed by atoms with Crippen molar-refractivity contribution in [3.8, 4) is 6.07 Å². The number of aliphatic imine (C=N–C) groups is 1. The minimum Gasteiger partial charge on any atom is -0.244 e. The fraction of sp³-hybridized carbons (Fsp3) is 0.429. The van der Waals surface area contributed by atoms with E-state index >= 15 is 0 Å². The second kappa shape index (κ2) is 6.31. The van der Waals surface area contributed by atoms with E-state index in [0.29, 0.717) is 5.25 Å². The third kappa shape index (κ3) is 3.09. The fourth-order valence-electron chi connectivity index (χ4n) is 1.67. The lowest BCUT2D eigenvalue weighted by atomic mass is 10.3. The molecule has 1 aliphatic rings. The monoisotopic (exact) mass is 276 g/mol. The number of hydrogen-bond donors (Lipinski definition) is 0. The van der Waals surface area contributed by atoms with E-state index in [9.17, 15) is 0 Å². The molecule has 0 spiro atoms. The summed E-state index contributed by atoms with van der Waals surface area (Å²) in [5.74, 6) is 0.909. The standard InChI is InChI=1S/C14H16N2S2/c1-3-12-14(17-9-10(2)8-15)16-11-6-4-5-7-13(11)18-12/h4-7,10,12H,3,9H2,1-2H3. The lowest BCUT2D eigenvalue weighted by molar-refractivity contribution is 0.866. The smallest absolute Gasteiger partial charge is 0.0873 e. The van der Waals surface area contributed by atoms with Crippen LogP contribution in [0.25, 0.3) is 0 Å². The van der Waals surface area contributed by atoms with Gasteiger partial charge in [0, 0.05) is 10.6 Å². The topological polar surface area (TPSA) is 36.1 Å². The Hall–Kier alpha value is -0.920. The van der Waals surface area contributed by atoms with Crippen LogP contribution in [0, 0.1) is 17.2 Å². The SMILES string of the molecule is CCC1Sc2ccccc2N=C1SCC(C)C#N. The van der Waals surface area contributed by atoms with Crippen molar-refractivity contribution < 1.29 is 0 Å². The van der Waals surface area contributed by atoms with E-state index in [-0.39, 0.29) is 5.92 Å². The van der Waals surface area contributed by atoms with Gasteiger partial charge in [-0.15, -0.1) is 23.5 Å². The number of thioether (sulfide) groups is 2. The molecule has 0 fully saturated rings. The van der Waals surface area contributed by atoms with E-state index in [2.05, 4.69) is 31.2 Å². The molecule has 0 amide bonds. The maximum absolute atomic E-state index is 8.84. The number of hydrogen-bond acceptors (Lipinski definition) is 4. The summed E-state index contributed by atoms with van der Waals surface area (Å²) in [6, 6.07) is 10.5. The molecule has 18 heavy (non-hydrogen) atoms. The summed E-state index contributed by atoms with van der Waals surface area (Å²) in [6.07, 6.45) is 1.08. The van der Waals surface area contributed by atoms with Crippen molar-refractivity contribution in [1.29, 1.82) is 5.26 Å². The Labute approximate surface area is 117 Å². The van der Waals surface area contributed by atoms with Gasteiger partial charge in [-0.2, -0.15) is 5.26 Å². The highest BCUT2D eigenvalue weighted by atomic mass is 32.2. The van der Waals surface area contributed by atoms with Crippen molar-refractivity contribution >= 4 is 34.3 Å². The lowest BCUT2D eigenvalue weighted by Gasteiger charge is -2.23. The highest BCUT2D eigenvalue weighted by Crippen LogP contribution is 2.41. The minimum atomic E-state index is 0.0809. The van der Waals surface area contributed by atoms with Gasteiger partial charge in [-0.25, -0.2) is 4.99 Å². The maximum atomic E-state index is 8.84. The Morgan fingerprint density at radius 2 is 2.28 bits per heavy atom. The van der Waals surface area contributed by atoms with Crippen LogP contribution in [0.3, 0.4) is 0 Å². The highest BCUT2D eigenvalue weighted by molar-refractivity contribution is 8.16. The van der Waals surface area contributed by atoms with Crippen molar-refractivity contribution in [3.63, 3.8) is 0 Å². The van der Waals surface area contributed by atoms with Crippen molar-refractivity contribution in [2.24, 2.45) is 10.9 Å². The number of nitrogens with zero attached hydrogens (tertiary/aromatic N) is 2. The highest BCUT2D eigenvalue weighted by Gasteiger charge is 2.23. The lowest BCUT2D eigenvalue weighted by Crippen LogP contribution is -2.17. The molecule has 2 atom stereocenters. The number of nitriles is 1. The van der Waals surface area contributed by atoms with Gasteiger partial charge in [0.1, 0.15) is 0 Å². The van der Waals surface area contributed by atoms with Gasteiger partial charge in [0.15, 0.2) is 0 Å². The van der Waals surface area contributed by atoms with E-state index in [0.717, 1.165) is 17.9 Å². The van der Waals surface area contributed by atoms with Crippen LogP contribution >= 0.6 is 23.5 Å². The summed E-state index contributed by atoms with van der Waals surface area (Å²) in [5, 5.41) is 10.4. The zero-order valence-electron chi connectivity index (χ0n) is 10.6. The van der Waals surface area contributed by atoms with E-state index in [1.807, 2.05) is 24.8 Å². The first-order valence-corrected chi connectivity index (χ1v) is 7.97. The molecule has 1 aromatic rings. The molecule has 1 aliphatic heterocycles. The molecule has 0 N–H and O–H groups in total. The summed E-state index contributed by atoms with van der Waals surface area (Å²) < 4.78 is 0. The third-order valence-corrected chi connectivity index (χ3v) is 5.64. The first kappa shape index (κ1) is 13.5. The average molecular weight is 276 g/mol. The van der Waals surface area contributed by atoms with Gasteiger partial charge in [0.25, 0.3) is 0 Å². The van der Waals surface area contributed by atoms with Crippen molar-refractivity contribution in [2.75, 3.05) is 5.75 Å². The van der Waals surface area contributed by atoms with Crippen molar-refractivity contribution in [2.45, 2.75) is 30.4 Å². The Kier molecular flexibility index (Phi) is 4.73. The van der Waals surface area contributed by atoms with Gasteiger partial charge < -0.3 is 0 Å². The van der Waals surface area contributed by atoms with Gasteiger partial charge in [0.05, 0.1) is 28.0 Å². The second-order valence-electron chi connectivity index (χ2n) is 4.27. The number of rotatable bonds is 3. The quantitative estimate of drug-likeness (QED) is 0.816. The molecule has 1 aromatic carbocycles. The molecule has 94 valence electrons. The van der Waals surface area contributed by atoms with Crippen LogP contribution in [0.4, 0.5) is 5.69 Å². The second-order valence-corrected chi connectivity index (χ2v) is 6.56. The molecule has 0 radical (unpaired) electrons. The molecule has 0 aromatic heterocycles. The van der Waals surface area contributed by atoms with Crippen LogP contribution in [0.5, 0.6) is 0 Å². The first-order chi connectivity index (χ1) is 8.74. The summed E-state index contributed by atoms with van der Waals surface area (Å²) >= 11 is 3.62. The van der Waals surface area contributed by atoms with Crippen LogP contribution in [-0.4, -0.2) is 16.0 Å². The number of fused-ring (bicyclic) bond motifs is 1. The Bertz CT molecular complexity index is 491.